The maximum Gasteiger partial charge on any atom is 0.333 e. The number of hydrogen-bond donors (Lipinski definition) is 0. The van der Waals surface area contributed by atoms with E-state index >= 15 is 0 Å². The predicted octanol–water partition coefficient (Wildman–Crippen LogP) is 1.84. The van der Waals surface area contributed by atoms with Crippen molar-refractivity contribution in [2.75, 3.05) is 13.7 Å². The van der Waals surface area contributed by atoms with Crippen LogP contribution in [0.5, 0.6) is 0 Å². The van der Waals surface area contributed by atoms with Gasteiger partial charge in [-0.3, -0.25) is 4.79 Å². The Morgan fingerprint density at radius 1 is 1.20 bits per heavy atom. The first-order valence-corrected chi connectivity index (χ1v) is 5.08. The summed E-state index contributed by atoms with van der Waals surface area (Å²) < 4.78 is 9.36. The molecule has 0 rings (SSSR count). The number of allylic oxidation sites excluding steroid dienone is 1. The molecular formula is C11H18O4. The number of esters is 2. The van der Waals surface area contributed by atoms with Crippen molar-refractivity contribution in [3.8, 4) is 0 Å². The van der Waals surface area contributed by atoms with Gasteiger partial charge in [-0.05, 0) is 19.8 Å². The maximum atomic E-state index is 11.2. The average molecular weight is 214 g/mol. The first-order chi connectivity index (χ1) is 7.15. The van der Waals surface area contributed by atoms with Crippen molar-refractivity contribution >= 4 is 11.9 Å². The molecule has 0 bridgehead atoms. The van der Waals surface area contributed by atoms with E-state index in [1.54, 1.807) is 13.0 Å². The summed E-state index contributed by atoms with van der Waals surface area (Å²) >= 11 is 0. The summed E-state index contributed by atoms with van der Waals surface area (Å²) in [7, 11) is 1.33. The molecule has 0 aliphatic rings. The number of carbonyl (C=O) groups is 2. The van der Waals surface area contributed by atoms with E-state index in [9.17, 15) is 9.59 Å². The van der Waals surface area contributed by atoms with Gasteiger partial charge in [0.05, 0.1) is 13.7 Å². The summed E-state index contributed by atoms with van der Waals surface area (Å²) in [4.78, 5) is 22.3. The highest BCUT2D eigenvalue weighted by molar-refractivity contribution is 5.89. The normalized spacial score (nSPS) is 11.0. The summed E-state index contributed by atoms with van der Waals surface area (Å²) in [6, 6.07) is 0. The van der Waals surface area contributed by atoms with Crippen LogP contribution in [-0.2, 0) is 19.1 Å². The lowest BCUT2D eigenvalue weighted by molar-refractivity contribution is -0.143. The molecule has 0 radical (unpaired) electrons. The van der Waals surface area contributed by atoms with Crippen LogP contribution in [0.25, 0.3) is 0 Å². The Bertz CT molecular complexity index is 243. The predicted molar refractivity (Wildman–Crippen MR) is 56.3 cm³/mol. The second kappa shape index (κ2) is 8.03. The molecule has 0 aromatic heterocycles. The molecule has 0 fully saturated rings. The maximum absolute atomic E-state index is 11.2. The van der Waals surface area contributed by atoms with Gasteiger partial charge in [-0.2, -0.15) is 0 Å². The van der Waals surface area contributed by atoms with Crippen LogP contribution in [0.3, 0.4) is 0 Å². The van der Waals surface area contributed by atoms with Gasteiger partial charge in [0.15, 0.2) is 0 Å². The highest BCUT2D eigenvalue weighted by atomic mass is 16.5. The lowest BCUT2D eigenvalue weighted by Gasteiger charge is -2.05. The Balaban J connectivity index is 4.14. The minimum absolute atomic E-state index is 0.217. The Morgan fingerprint density at radius 2 is 1.87 bits per heavy atom. The van der Waals surface area contributed by atoms with E-state index in [2.05, 4.69) is 4.74 Å². The van der Waals surface area contributed by atoms with Crippen molar-refractivity contribution in [1.82, 2.24) is 0 Å². The molecule has 0 atom stereocenters. The standard InChI is InChI=1S/C11H18O4/c1-4-6-9(11(13)14-3)7-8-10(12)15-5-2/h6H,4-5,7-8H2,1-3H3/b9-6-. The van der Waals surface area contributed by atoms with Crippen molar-refractivity contribution in [1.29, 1.82) is 0 Å². The highest BCUT2D eigenvalue weighted by Gasteiger charge is 2.11. The molecule has 0 amide bonds. The molecule has 4 nitrogen and oxygen atoms in total. The molecule has 0 N–H and O–H groups in total. The van der Waals surface area contributed by atoms with Crippen molar-refractivity contribution in [2.24, 2.45) is 0 Å². The largest absolute Gasteiger partial charge is 0.466 e. The van der Waals surface area contributed by atoms with Gasteiger partial charge in [-0.25, -0.2) is 4.79 Å². The van der Waals surface area contributed by atoms with Crippen molar-refractivity contribution in [3.05, 3.63) is 11.6 Å². The fraction of sp³-hybridized carbons (Fsp3) is 0.636. The summed E-state index contributed by atoms with van der Waals surface area (Å²) in [5.74, 6) is -0.662. The molecule has 86 valence electrons. The third-order valence-corrected chi connectivity index (χ3v) is 1.80. The molecule has 15 heavy (non-hydrogen) atoms. The molecule has 0 saturated carbocycles. The molecular weight excluding hydrogens is 196 g/mol. The highest BCUT2D eigenvalue weighted by Crippen LogP contribution is 2.09. The van der Waals surface area contributed by atoms with E-state index in [4.69, 9.17) is 4.74 Å². The number of methoxy groups -OCH3 is 1. The summed E-state index contributed by atoms with van der Waals surface area (Å²) in [6.45, 7) is 4.04. The van der Waals surface area contributed by atoms with Crippen LogP contribution in [0, 0.1) is 0 Å². The van der Waals surface area contributed by atoms with Crippen LogP contribution < -0.4 is 0 Å². The number of rotatable bonds is 6. The number of hydrogen-bond acceptors (Lipinski definition) is 4. The molecule has 0 aromatic carbocycles. The summed E-state index contributed by atoms with van der Waals surface area (Å²) in [6.07, 6.45) is 3.10. The van der Waals surface area contributed by atoms with Crippen molar-refractivity contribution < 1.29 is 19.1 Å². The van der Waals surface area contributed by atoms with Gasteiger partial charge in [0.2, 0.25) is 0 Å². The molecule has 0 aliphatic heterocycles. The molecule has 0 aliphatic carbocycles. The monoisotopic (exact) mass is 214 g/mol. The van der Waals surface area contributed by atoms with E-state index in [-0.39, 0.29) is 18.4 Å². The zero-order valence-corrected chi connectivity index (χ0v) is 9.54. The fourth-order valence-corrected chi connectivity index (χ4v) is 1.13. The van der Waals surface area contributed by atoms with E-state index in [1.165, 1.54) is 7.11 Å². The van der Waals surface area contributed by atoms with Gasteiger partial charge < -0.3 is 9.47 Å². The van der Waals surface area contributed by atoms with Gasteiger partial charge in [-0.15, -0.1) is 0 Å². The van der Waals surface area contributed by atoms with Gasteiger partial charge in [-0.1, -0.05) is 13.0 Å². The van der Waals surface area contributed by atoms with Crippen LogP contribution in [0.4, 0.5) is 0 Å². The Kier molecular flexibility index (Phi) is 7.32. The van der Waals surface area contributed by atoms with Crippen LogP contribution >= 0.6 is 0 Å². The van der Waals surface area contributed by atoms with Gasteiger partial charge in [0.1, 0.15) is 0 Å². The van der Waals surface area contributed by atoms with Crippen LogP contribution in [0.1, 0.15) is 33.1 Å². The number of ether oxygens (including phenoxy) is 2. The molecule has 0 spiro atoms. The number of carbonyl (C=O) groups excluding carboxylic acids is 2. The zero-order chi connectivity index (χ0) is 11.7. The zero-order valence-electron chi connectivity index (χ0n) is 9.54. The van der Waals surface area contributed by atoms with Gasteiger partial charge >= 0.3 is 11.9 Å². The van der Waals surface area contributed by atoms with E-state index in [0.717, 1.165) is 6.42 Å². The molecule has 0 aromatic rings. The summed E-state index contributed by atoms with van der Waals surface area (Å²) in [5, 5.41) is 0. The van der Waals surface area contributed by atoms with E-state index in [0.29, 0.717) is 18.6 Å². The lowest BCUT2D eigenvalue weighted by atomic mass is 10.1. The van der Waals surface area contributed by atoms with E-state index in [1.807, 2.05) is 6.92 Å². The molecule has 0 saturated heterocycles. The average Bonchev–Trinajstić information content (AvgIpc) is 2.23. The minimum atomic E-state index is -0.374. The molecule has 0 unspecified atom stereocenters. The molecule has 0 heterocycles. The Hall–Kier alpha value is -1.32. The fourth-order valence-electron chi connectivity index (χ4n) is 1.13. The van der Waals surface area contributed by atoms with Crippen molar-refractivity contribution in [2.45, 2.75) is 33.1 Å². The summed E-state index contributed by atoms with van der Waals surface area (Å²) in [5.41, 5.74) is 0.535. The van der Waals surface area contributed by atoms with Gasteiger partial charge in [0, 0.05) is 12.0 Å². The van der Waals surface area contributed by atoms with Crippen molar-refractivity contribution in [3.63, 3.8) is 0 Å². The smallest absolute Gasteiger partial charge is 0.333 e. The van der Waals surface area contributed by atoms with Crippen LogP contribution in [0.15, 0.2) is 11.6 Å². The topological polar surface area (TPSA) is 52.6 Å². The molecule has 4 heteroatoms. The first kappa shape index (κ1) is 13.7. The second-order valence-electron chi connectivity index (χ2n) is 2.93. The third-order valence-electron chi connectivity index (χ3n) is 1.80. The SMILES string of the molecule is CC/C=C(/CCC(=O)OCC)C(=O)OC. The minimum Gasteiger partial charge on any atom is -0.466 e. The van der Waals surface area contributed by atoms with Crippen LogP contribution in [0.2, 0.25) is 0 Å². The third kappa shape index (κ3) is 5.88. The first-order valence-electron chi connectivity index (χ1n) is 5.08. The Labute approximate surface area is 90.2 Å². The quantitative estimate of drug-likeness (QED) is 0.500. The van der Waals surface area contributed by atoms with Gasteiger partial charge in [0.25, 0.3) is 0 Å². The lowest BCUT2D eigenvalue weighted by Crippen LogP contribution is -2.09. The van der Waals surface area contributed by atoms with Crippen LogP contribution in [-0.4, -0.2) is 25.7 Å². The second-order valence-corrected chi connectivity index (χ2v) is 2.93. The Morgan fingerprint density at radius 3 is 2.33 bits per heavy atom. The van der Waals surface area contributed by atoms with E-state index < -0.39 is 0 Å².